The number of rotatable bonds is 2. The van der Waals surface area contributed by atoms with Crippen molar-refractivity contribution in [2.24, 2.45) is 0 Å². The number of ether oxygens (including phenoxy) is 1. The molecule has 3 heterocycles. The van der Waals surface area contributed by atoms with E-state index in [9.17, 15) is 13.2 Å². The Morgan fingerprint density at radius 1 is 1.39 bits per heavy atom. The van der Waals surface area contributed by atoms with E-state index in [1.807, 2.05) is 6.07 Å². The van der Waals surface area contributed by atoms with Crippen LogP contribution in [0.4, 0.5) is 13.2 Å². The summed E-state index contributed by atoms with van der Waals surface area (Å²) in [5, 5.41) is 19.9. The molecule has 0 saturated carbocycles. The van der Waals surface area contributed by atoms with Crippen LogP contribution in [0.2, 0.25) is 0 Å². The number of aryl methyl sites for hydroxylation is 1. The third kappa shape index (κ3) is 2.90. The largest absolute Gasteiger partial charge is 0.435 e. The van der Waals surface area contributed by atoms with Crippen molar-refractivity contribution in [2.75, 3.05) is 13.2 Å². The molecule has 0 bridgehead atoms. The van der Waals surface area contributed by atoms with Crippen molar-refractivity contribution in [3.8, 4) is 17.3 Å². The minimum absolute atomic E-state index is 0.0522. The van der Waals surface area contributed by atoms with Crippen LogP contribution in [0, 0.1) is 18.3 Å². The number of nitriles is 1. The van der Waals surface area contributed by atoms with Gasteiger partial charge in [0.2, 0.25) is 0 Å². The van der Waals surface area contributed by atoms with Gasteiger partial charge < -0.3 is 4.74 Å². The van der Waals surface area contributed by atoms with Gasteiger partial charge in [0, 0.05) is 12.8 Å². The molecule has 23 heavy (non-hydrogen) atoms. The van der Waals surface area contributed by atoms with Gasteiger partial charge in [0.25, 0.3) is 0 Å². The van der Waals surface area contributed by atoms with E-state index in [0.717, 1.165) is 0 Å². The predicted molar refractivity (Wildman–Crippen MR) is 72.2 cm³/mol. The molecule has 1 aliphatic heterocycles. The van der Waals surface area contributed by atoms with E-state index in [1.54, 1.807) is 6.92 Å². The van der Waals surface area contributed by atoms with Crippen molar-refractivity contribution in [3.05, 3.63) is 29.2 Å². The molecule has 0 amide bonds. The fourth-order valence-electron chi connectivity index (χ4n) is 2.50. The molecular weight excluding hydrogens is 311 g/mol. The molecule has 0 radical (unpaired) electrons. The molecule has 3 rings (SSSR count). The van der Waals surface area contributed by atoms with Gasteiger partial charge >= 0.3 is 6.18 Å². The highest BCUT2D eigenvalue weighted by Crippen LogP contribution is 2.37. The summed E-state index contributed by atoms with van der Waals surface area (Å²) in [5.74, 6) is 0. The van der Waals surface area contributed by atoms with E-state index in [0.29, 0.717) is 25.2 Å². The molecule has 0 N–H and O–H groups in total. The van der Waals surface area contributed by atoms with Crippen LogP contribution >= 0.6 is 0 Å². The molecule has 0 aromatic carbocycles. The lowest BCUT2D eigenvalue weighted by Crippen LogP contribution is -2.12. The van der Waals surface area contributed by atoms with Gasteiger partial charge in [0.05, 0.1) is 23.9 Å². The molecule has 120 valence electrons. The van der Waals surface area contributed by atoms with Gasteiger partial charge in [-0.2, -0.15) is 23.5 Å². The Kier molecular flexibility index (Phi) is 3.77. The van der Waals surface area contributed by atoms with E-state index in [4.69, 9.17) is 10.00 Å². The van der Waals surface area contributed by atoms with Gasteiger partial charge in [-0.15, -0.1) is 10.2 Å². The second-order valence-corrected chi connectivity index (χ2v) is 5.26. The predicted octanol–water partition coefficient (Wildman–Crippen LogP) is 2.50. The fourth-order valence-corrected chi connectivity index (χ4v) is 2.50. The lowest BCUT2D eigenvalue weighted by molar-refractivity contribution is -0.141. The smallest absolute Gasteiger partial charge is 0.379 e. The summed E-state index contributed by atoms with van der Waals surface area (Å²) >= 11 is 0. The van der Waals surface area contributed by atoms with E-state index < -0.39 is 11.9 Å². The molecular formula is C14H12F3N5O. The maximum Gasteiger partial charge on any atom is 0.435 e. The fraction of sp³-hybridized carbons (Fsp3) is 0.429. The maximum absolute atomic E-state index is 13.3. The molecule has 1 unspecified atom stereocenters. The summed E-state index contributed by atoms with van der Waals surface area (Å²) < 4.78 is 46.4. The Balaban J connectivity index is 2.12. The molecule has 6 nitrogen and oxygen atoms in total. The zero-order chi connectivity index (χ0) is 16.6. The molecule has 2 aromatic heterocycles. The molecule has 0 spiro atoms. The summed E-state index contributed by atoms with van der Waals surface area (Å²) in [5.41, 5.74) is -0.590. The Morgan fingerprint density at radius 3 is 2.74 bits per heavy atom. The monoisotopic (exact) mass is 323 g/mol. The van der Waals surface area contributed by atoms with Crippen LogP contribution < -0.4 is 0 Å². The highest BCUT2D eigenvalue weighted by Gasteiger charge is 2.39. The SMILES string of the molecule is Cc1cc(C#N)nnc1-c1cn(C2CCOC2)nc1C(F)(F)F. The quantitative estimate of drug-likeness (QED) is 0.848. The molecule has 1 aliphatic rings. The third-order valence-electron chi connectivity index (χ3n) is 3.63. The van der Waals surface area contributed by atoms with Crippen molar-refractivity contribution < 1.29 is 17.9 Å². The topological polar surface area (TPSA) is 76.6 Å². The summed E-state index contributed by atoms with van der Waals surface area (Å²) in [7, 11) is 0. The molecule has 2 aromatic rings. The summed E-state index contributed by atoms with van der Waals surface area (Å²) in [6, 6.07) is 2.98. The van der Waals surface area contributed by atoms with Gasteiger partial charge in [-0.3, -0.25) is 4.68 Å². The van der Waals surface area contributed by atoms with Crippen LogP contribution in [0.1, 0.15) is 29.4 Å². The second-order valence-electron chi connectivity index (χ2n) is 5.26. The maximum atomic E-state index is 13.3. The Bertz CT molecular complexity index is 772. The zero-order valence-electron chi connectivity index (χ0n) is 12.1. The van der Waals surface area contributed by atoms with Crippen LogP contribution in [0.3, 0.4) is 0 Å². The summed E-state index contributed by atoms with van der Waals surface area (Å²) in [4.78, 5) is 0. The average Bonchev–Trinajstić information content (AvgIpc) is 3.15. The number of nitrogens with zero attached hydrogens (tertiary/aromatic N) is 5. The highest BCUT2D eigenvalue weighted by atomic mass is 19.4. The number of hydrogen-bond acceptors (Lipinski definition) is 5. The van der Waals surface area contributed by atoms with Crippen LogP contribution in [-0.4, -0.2) is 33.2 Å². The normalized spacial score (nSPS) is 18.1. The molecule has 1 saturated heterocycles. The first kappa shape index (κ1) is 15.4. The third-order valence-corrected chi connectivity index (χ3v) is 3.63. The lowest BCUT2D eigenvalue weighted by atomic mass is 10.1. The molecule has 9 heteroatoms. The Hall–Kier alpha value is -2.47. The van der Waals surface area contributed by atoms with Crippen LogP contribution in [-0.2, 0) is 10.9 Å². The van der Waals surface area contributed by atoms with Crippen LogP contribution in [0.15, 0.2) is 12.3 Å². The van der Waals surface area contributed by atoms with Gasteiger partial charge in [-0.25, -0.2) is 0 Å². The van der Waals surface area contributed by atoms with Gasteiger partial charge in [-0.05, 0) is 25.0 Å². The zero-order valence-corrected chi connectivity index (χ0v) is 12.1. The van der Waals surface area contributed by atoms with E-state index >= 15 is 0 Å². The van der Waals surface area contributed by atoms with Crippen molar-refractivity contribution >= 4 is 0 Å². The van der Waals surface area contributed by atoms with Gasteiger partial charge in [-0.1, -0.05) is 0 Å². The van der Waals surface area contributed by atoms with Crippen LogP contribution in [0.25, 0.3) is 11.3 Å². The molecule has 0 aliphatic carbocycles. The van der Waals surface area contributed by atoms with Crippen molar-refractivity contribution in [1.82, 2.24) is 20.0 Å². The van der Waals surface area contributed by atoms with Crippen molar-refractivity contribution in [2.45, 2.75) is 25.6 Å². The minimum atomic E-state index is -4.61. The van der Waals surface area contributed by atoms with Gasteiger partial charge in [0.1, 0.15) is 6.07 Å². The first-order chi connectivity index (χ1) is 10.9. The number of aromatic nitrogens is 4. The van der Waals surface area contributed by atoms with E-state index in [1.165, 1.54) is 16.9 Å². The Labute approximate surface area is 129 Å². The van der Waals surface area contributed by atoms with Gasteiger partial charge in [0.15, 0.2) is 11.4 Å². The average molecular weight is 323 g/mol. The Morgan fingerprint density at radius 2 is 2.17 bits per heavy atom. The van der Waals surface area contributed by atoms with Crippen molar-refractivity contribution in [1.29, 1.82) is 5.26 Å². The molecule has 1 fully saturated rings. The summed E-state index contributed by atoms with van der Waals surface area (Å²) in [6.45, 7) is 2.41. The minimum Gasteiger partial charge on any atom is -0.379 e. The van der Waals surface area contributed by atoms with Crippen LogP contribution in [0.5, 0.6) is 0 Å². The van der Waals surface area contributed by atoms with E-state index in [-0.39, 0.29) is 23.0 Å². The first-order valence-electron chi connectivity index (χ1n) is 6.89. The van der Waals surface area contributed by atoms with Crippen molar-refractivity contribution in [3.63, 3.8) is 0 Å². The lowest BCUT2D eigenvalue weighted by Gasteiger charge is -2.07. The van der Waals surface area contributed by atoms with E-state index in [2.05, 4.69) is 15.3 Å². The number of alkyl halides is 3. The second kappa shape index (κ2) is 5.62. The number of halogens is 3. The highest BCUT2D eigenvalue weighted by molar-refractivity contribution is 5.65. The standard InChI is InChI=1S/C14H12F3N5O/c1-8-4-9(5-18)19-20-12(8)11-6-22(10-2-3-23-7-10)21-13(11)14(15,16)17/h4,6,10H,2-3,7H2,1H3. The summed E-state index contributed by atoms with van der Waals surface area (Å²) in [6.07, 6.45) is -2.68. The number of hydrogen-bond donors (Lipinski definition) is 0. The first-order valence-corrected chi connectivity index (χ1v) is 6.89. The molecule has 1 atom stereocenters.